The standard InChI is InChI=1S/C23H28N2O6S/c1-29-21-11-10-17(14-22(21)32(27,28)25-12-6-2-3-7-13-25)23(26)24-15-18-16-30-19-8-4-5-9-20(19)31-18/h4-5,8-11,14,18H,2-3,6-7,12-13,15-16H2,1H3,(H,24,26). The maximum atomic E-state index is 13.3. The number of rotatable bonds is 6. The van der Waals surface area contributed by atoms with Gasteiger partial charge in [0.05, 0.1) is 13.7 Å². The van der Waals surface area contributed by atoms with Crippen molar-refractivity contribution in [2.45, 2.75) is 36.7 Å². The SMILES string of the molecule is COc1ccc(C(=O)NCC2COc3ccccc3O2)cc1S(=O)(=O)N1CCCCCC1. The van der Waals surface area contributed by atoms with E-state index in [0.29, 0.717) is 31.2 Å². The Kier molecular flexibility index (Phi) is 6.86. The zero-order chi connectivity index (χ0) is 22.6. The number of benzene rings is 2. The fourth-order valence-electron chi connectivity index (χ4n) is 3.91. The van der Waals surface area contributed by atoms with Crippen LogP contribution in [0.25, 0.3) is 0 Å². The van der Waals surface area contributed by atoms with Crippen molar-refractivity contribution in [3.8, 4) is 17.2 Å². The molecule has 1 unspecified atom stereocenters. The summed E-state index contributed by atoms with van der Waals surface area (Å²) in [5.74, 6) is 1.15. The number of ether oxygens (including phenoxy) is 3. The molecule has 32 heavy (non-hydrogen) atoms. The lowest BCUT2D eigenvalue weighted by molar-refractivity contribution is 0.0789. The van der Waals surface area contributed by atoms with Gasteiger partial charge < -0.3 is 19.5 Å². The van der Waals surface area contributed by atoms with Crippen molar-refractivity contribution in [2.24, 2.45) is 0 Å². The van der Waals surface area contributed by atoms with Crippen LogP contribution in [0.3, 0.4) is 0 Å². The summed E-state index contributed by atoms with van der Waals surface area (Å²) in [6, 6.07) is 11.8. The molecule has 0 aliphatic carbocycles. The number of nitrogens with zero attached hydrogens (tertiary/aromatic N) is 1. The third-order valence-electron chi connectivity index (χ3n) is 5.67. The molecule has 2 heterocycles. The summed E-state index contributed by atoms with van der Waals surface area (Å²) in [5.41, 5.74) is 0.247. The molecular weight excluding hydrogens is 432 g/mol. The highest BCUT2D eigenvalue weighted by molar-refractivity contribution is 7.89. The van der Waals surface area contributed by atoms with Crippen molar-refractivity contribution in [3.63, 3.8) is 0 Å². The van der Waals surface area contributed by atoms with Gasteiger partial charge in [-0.15, -0.1) is 0 Å². The van der Waals surface area contributed by atoms with Gasteiger partial charge in [-0.3, -0.25) is 4.79 Å². The van der Waals surface area contributed by atoms with Gasteiger partial charge in [-0.2, -0.15) is 4.31 Å². The Labute approximate surface area is 188 Å². The second-order valence-corrected chi connectivity index (χ2v) is 9.80. The minimum absolute atomic E-state index is 0.0146. The monoisotopic (exact) mass is 460 g/mol. The lowest BCUT2D eigenvalue weighted by Crippen LogP contribution is -2.40. The van der Waals surface area contributed by atoms with Crippen LogP contribution in [0.1, 0.15) is 36.0 Å². The number of hydrogen-bond donors (Lipinski definition) is 1. The molecule has 2 aliphatic heterocycles. The van der Waals surface area contributed by atoms with Crippen LogP contribution in [0.15, 0.2) is 47.4 Å². The van der Waals surface area contributed by atoms with Gasteiger partial charge in [0.15, 0.2) is 11.5 Å². The third kappa shape index (κ3) is 4.83. The molecule has 2 aliphatic rings. The van der Waals surface area contributed by atoms with E-state index in [1.165, 1.54) is 23.5 Å². The maximum absolute atomic E-state index is 13.3. The molecule has 0 bridgehead atoms. The number of carbonyl (C=O) groups is 1. The molecular formula is C23H28N2O6S. The molecule has 0 radical (unpaired) electrons. The minimum atomic E-state index is -3.77. The van der Waals surface area contributed by atoms with Crippen molar-refractivity contribution in [3.05, 3.63) is 48.0 Å². The van der Waals surface area contributed by atoms with E-state index in [1.807, 2.05) is 24.3 Å². The van der Waals surface area contributed by atoms with Crippen LogP contribution < -0.4 is 19.5 Å². The minimum Gasteiger partial charge on any atom is -0.495 e. The first-order valence-corrected chi connectivity index (χ1v) is 12.3. The molecule has 1 amide bonds. The number of hydrogen-bond acceptors (Lipinski definition) is 6. The third-order valence-corrected chi connectivity index (χ3v) is 7.59. The number of sulfonamides is 1. The normalized spacial score (nSPS) is 19.1. The van der Waals surface area contributed by atoms with Crippen molar-refractivity contribution in [1.29, 1.82) is 0 Å². The average Bonchev–Trinajstić information content (AvgIpc) is 3.12. The lowest BCUT2D eigenvalue weighted by atomic mass is 10.2. The Bertz CT molecular complexity index is 1060. The number of amides is 1. The van der Waals surface area contributed by atoms with Gasteiger partial charge in [-0.1, -0.05) is 25.0 Å². The van der Waals surface area contributed by atoms with Crippen LogP contribution in [0.5, 0.6) is 17.2 Å². The van der Waals surface area contributed by atoms with Gasteiger partial charge in [0.2, 0.25) is 10.0 Å². The molecule has 2 aromatic rings. The van der Waals surface area contributed by atoms with Crippen LogP contribution in [-0.2, 0) is 10.0 Å². The largest absolute Gasteiger partial charge is 0.495 e. The van der Waals surface area contributed by atoms with Crippen molar-refractivity contribution in [2.75, 3.05) is 33.4 Å². The van der Waals surface area contributed by atoms with E-state index in [4.69, 9.17) is 14.2 Å². The van der Waals surface area contributed by atoms with E-state index >= 15 is 0 Å². The van der Waals surface area contributed by atoms with Gasteiger partial charge in [0.1, 0.15) is 23.4 Å². The van der Waals surface area contributed by atoms with E-state index in [2.05, 4.69) is 5.32 Å². The van der Waals surface area contributed by atoms with E-state index in [9.17, 15) is 13.2 Å². The first-order valence-electron chi connectivity index (χ1n) is 10.8. The first kappa shape index (κ1) is 22.4. The van der Waals surface area contributed by atoms with Crippen LogP contribution >= 0.6 is 0 Å². The van der Waals surface area contributed by atoms with Crippen LogP contribution in [0, 0.1) is 0 Å². The Hall–Kier alpha value is -2.78. The second-order valence-electron chi connectivity index (χ2n) is 7.89. The molecule has 2 aromatic carbocycles. The van der Waals surface area contributed by atoms with Crippen molar-refractivity contribution in [1.82, 2.24) is 9.62 Å². The molecule has 4 rings (SSSR count). The zero-order valence-electron chi connectivity index (χ0n) is 18.1. The molecule has 0 spiro atoms. The Morgan fingerprint density at radius 2 is 1.81 bits per heavy atom. The van der Waals surface area contributed by atoms with Gasteiger partial charge >= 0.3 is 0 Å². The molecule has 1 saturated heterocycles. The van der Waals surface area contributed by atoms with Gasteiger partial charge in [-0.05, 0) is 43.2 Å². The van der Waals surface area contributed by atoms with Crippen molar-refractivity contribution < 1.29 is 27.4 Å². The number of para-hydroxylation sites is 2. The lowest BCUT2D eigenvalue weighted by Gasteiger charge is -2.26. The molecule has 8 nitrogen and oxygen atoms in total. The molecule has 1 atom stereocenters. The molecule has 1 N–H and O–H groups in total. The predicted octanol–water partition coefficient (Wildman–Crippen LogP) is 2.83. The summed E-state index contributed by atoms with van der Waals surface area (Å²) in [5, 5.41) is 2.81. The molecule has 0 saturated carbocycles. The molecule has 0 aromatic heterocycles. The van der Waals surface area contributed by atoms with E-state index in [1.54, 1.807) is 6.07 Å². The van der Waals surface area contributed by atoms with Crippen LogP contribution in [0.2, 0.25) is 0 Å². The highest BCUT2D eigenvalue weighted by Crippen LogP contribution is 2.31. The number of methoxy groups -OCH3 is 1. The average molecular weight is 461 g/mol. The van der Waals surface area contributed by atoms with Crippen LogP contribution in [-0.4, -0.2) is 58.1 Å². The number of carbonyl (C=O) groups excluding carboxylic acids is 1. The highest BCUT2D eigenvalue weighted by atomic mass is 32.2. The predicted molar refractivity (Wildman–Crippen MR) is 119 cm³/mol. The number of fused-ring (bicyclic) bond motifs is 1. The zero-order valence-corrected chi connectivity index (χ0v) is 18.9. The van der Waals surface area contributed by atoms with E-state index < -0.39 is 10.0 Å². The Morgan fingerprint density at radius 3 is 2.53 bits per heavy atom. The maximum Gasteiger partial charge on any atom is 0.251 e. The van der Waals surface area contributed by atoms with E-state index in [-0.39, 0.29) is 34.8 Å². The Morgan fingerprint density at radius 1 is 1.09 bits per heavy atom. The fraction of sp³-hybridized carbons (Fsp3) is 0.435. The summed E-state index contributed by atoms with van der Waals surface area (Å²) in [6.07, 6.45) is 3.35. The number of nitrogens with one attached hydrogen (secondary N) is 1. The molecule has 172 valence electrons. The molecule has 9 heteroatoms. The topological polar surface area (TPSA) is 94.2 Å². The van der Waals surface area contributed by atoms with Crippen LogP contribution in [0.4, 0.5) is 0 Å². The summed E-state index contributed by atoms with van der Waals surface area (Å²) in [6.45, 7) is 1.49. The summed E-state index contributed by atoms with van der Waals surface area (Å²) in [4.78, 5) is 12.8. The highest BCUT2D eigenvalue weighted by Gasteiger charge is 2.29. The van der Waals surface area contributed by atoms with Gasteiger partial charge in [-0.25, -0.2) is 8.42 Å². The van der Waals surface area contributed by atoms with Crippen molar-refractivity contribution >= 4 is 15.9 Å². The second kappa shape index (κ2) is 9.79. The summed E-state index contributed by atoms with van der Waals surface area (Å²) < 4.78 is 44.9. The fourth-order valence-corrected chi connectivity index (χ4v) is 5.61. The first-order chi connectivity index (χ1) is 15.5. The van der Waals surface area contributed by atoms with E-state index in [0.717, 1.165) is 25.7 Å². The summed E-state index contributed by atoms with van der Waals surface area (Å²) in [7, 11) is -2.34. The summed E-state index contributed by atoms with van der Waals surface area (Å²) >= 11 is 0. The van der Waals surface area contributed by atoms with Gasteiger partial charge in [0, 0.05) is 18.7 Å². The Balaban J connectivity index is 1.47. The smallest absolute Gasteiger partial charge is 0.251 e. The van der Waals surface area contributed by atoms with Gasteiger partial charge in [0.25, 0.3) is 5.91 Å². The molecule has 1 fully saturated rings. The quantitative estimate of drug-likeness (QED) is 0.713.